The van der Waals surface area contributed by atoms with E-state index in [9.17, 15) is 4.79 Å². The van der Waals surface area contributed by atoms with Gasteiger partial charge in [-0.3, -0.25) is 9.69 Å². The van der Waals surface area contributed by atoms with Gasteiger partial charge in [0.2, 0.25) is 5.91 Å². The molecule has 1 saturated heterocycles. The quantitative estimate of drug-likeness (QED) is 0.777. The van der Waals surface area contributed by atoms with Crippen molar-refractivity contribution in [3.05, 3.63) is 35.9 Å². The number of nitrogens with one attached hydrogen (secondary N) is 1. The molecule has 0 spiro atoms. The van der Waals surface area contributed by atoms with Gasteiger partial charge in [0.25, 0.3) is 0 Å². The smallest absolute Gasteiger partial charge is 0.216 e. The topological polar surface area (TPSA) is 41.6 Å². The van der Waals surface area contributed by atoms with Crippen molar-refractivity contribution in [3.63, 3.8) is 0 Å². The van der Waals surface area contributed by atoms with Crippen molar-refractivity contribution in [1.82, 2.24) is 10.2 Å². The molecule has 110 valence electrons. The van der Waals surface area contributed by atoms with Gasteiger partial charge in [-0.1, -0.05) is 30.3 Å². The Kier molecular flexibility index (Phi) is 6.02. The van der Waals surface area contributed by atoms with Crippen LogP contribution in [0.15, 0.2) is 30.3 Å². The Hall–Kier alpha value is -1.39. The van der Waals surface area contributed by atoms with Crippen molar-refractivity contribution >= 4 is 5.91 Å². The first-order valence-corrected chi connectivity index (χ1v) is 7.42. The van der Waals surface area contributed by atoms with Crippen LogP contribution in [-0.2, 0) is 9.53 Å². The summed E-state index contributed by atoms with van der Waals surface area (Å²) in [7, 11) is 0. The number of nitrogens with zero attached hydrogens (tertiary/aromatic N) is 1. The van der Waals surface area contributed by atoms with Crippen LogP contribution in [0.5, 0.6) is 0 Å². The monoisotopic (exact) mass is 276 g/mol. The lowest BCUT2D eigenvalue weighted by Gasteiger charge is -2.28. The minimum Gasteiger partial charge on any atom is -0.359 e. The summed E-state index contributed by atoms with van der Waals surface area (Å²) >= 11 is 0. The lowest BCUT2D eigenvalue weighted by Crippen LogP contribution is -2.29. The van der Waals surface area contributed by atoms with Gasteiger partial charge >= 0.3 is 0 Å². The first-order valence-electron chi connectivity index (χ1n) is 7.42. The summed E-state index contributed by atoms with van der Waals surface area (Å²) in [6, 6.07) is 10.4. The molecule has 1 atom stereocenters. The molecule has 1 fully saturated rings. The maximum atomic E-state index is 10.8. The van der Waals surface area contributed by atoms with Crippen molar-refractivity contribution < 1.29 is 9.53 Å². The fourth-order valence-corrected chi connectivity index (χ4v) is 2.54. The number of amides is 1. The van der Waals surface area contributed by atoms with Crippen molar-refractivity contribution in [1.29, 1.82) is 0 Å². The summed E-state index contributed by atoms with van der Waals surface area (Å²) in [5, 5.41) is 2.80. The molecule has 4 heteroatoms. The van der Waals surface area contributed by atoms with Crippen LogP contribution in [0.25, 0.3) is 0 Å². The highest BCUT2D eigenvalue weighted by Crippen LogP contribution is 2.26. The second-order valence-corrected chi connectivity index (χ2v) is 5.21. The molecule has 0 saturated carbocycles. The van der Waals surface area contributed by atoms with Crippen LogP contribution >= 0.6 is 0 Å². The van der Waals surface area contributed by atoms with E-state index in [1.165, 1.54) is 25.3 Å². The molecule has 2 rings (SSSR count). The average molecular weight is 276 g/mol. The molecule has 1 unspecified atom stereocenters. The third kappa shape index (κ3) is 4.62. The summed E-state index contributed by atoms with van der Waals surface area (Å²) in [5.41, 5.74) is 1.22. The van der Waals surface area contributed by atoms with Gasteiger partial charge in [0, 0.05) is 26.6 Å². The van der Waals surface area contributed by atoms with Crippen molar-refractivity contribution in [3.8, 4) is 0 Å². The maximum Gasteiger partial charge on any atom is 0.216 e. The van der Waals surface area contributed by atoms with E-state index in [1.54, 1.807) is 0 Å². The number of benzene rings is 1. The highest BCUT2D eigenvalue weighted by atomic mass is 16.5. The van der Waals surface area contributed by atoms with Crippen LogP contribution in [0.2, 0.25) is 0 Å². The predicted molar refractivity (Wildman–Crippen MR) is 79.2 cm³/mol. The molecule has 20 heavy (non-hydrogen) atoms. The van der Waals surface area contributed by atoms with E-state index in [-0.39, 0.29) is 12.1 Å². The van der Waals surface area contributed by atoms with E-state index in [1.807, 2.05) is 6.07 Å². The molecule has 0 radical (unpaired) electrons. The highest BCUT2D eigenvalue weighted by molar-refractivity contribution is 5.72. The molecule has 1 aliphatic heterocycles. The van der Waals surface area contributed by atoms with Crippen LogP contribution in [0.4, 0.5) is 0 Å². The van der Waals surface area contributed by atoms with Gasteiger partial charge in [-0.15, -0.1) is 0 Å². The van der Waals surface area contributed by atoms with Crippen LogP contribution < -0.4 is 5.32 Å². The zero-order valence-electron chi connectivity index (χ0n) is 12.2. The Morgan fingerprint density at radius 1 is 1.30 bits per heavy atom. The predicted octanol–water partition coefficient (Wildman–Crippen LogP) is 2.32. The molecule has 0 bridgehead atoms. The lowest BCUT2D eigenvalue weighted by atomic mass is 10.2. The second kappa shape index (κ2) is 8.02. The Morgan fingerprint density at radius 2 is 2.00 bits per heavy atom. The van der Waals surface area contributed by atoms with Crippen molar-refractivity contribution in [2.24, 2.45) is 0 Å². The molecule has 1 aromatic rings. The Labute approximate surface area is 121 Å². The third-order valence-corrected chi connectivity index (χ3v) is 3.53. The molecule has 1 aromatic carbocycles. The number of likely N-dealkylation sites (tertiary alicyclic amines) is 1. The largest absolute Gasteiger partial charge is 0.359 e. The van der Waals surface area contributed by atoms with Crippen LogP contribution in [0.3, 0.4) is 0 Å². The molecule has 0 aliphatic carbocycles. The Balaban J connectivity index is 1.85. The van der Waals surface area contributed by atoms with E-state index >= 15 is 0 Å². The number of ether oxygens (including phenoxy) is 1. The van der Waals surface area contributed by atoms with Gasteiger partial charge in [-0.25, -0.2) is 0 Å². The van der Waals surface area contributed by atoms with Gasteiger partial charge in [-0.2, -0.15) is 0 Å². The summed E-state index contributed by atoms with van der Waals surface area (Å²) < 4.78 is 6.07. The van der Waals surface area contributed by atoms with Crippen molar-refractivity contribution in [2.45, 2.75) is 32.4 Å². The van der Waals surface area contributed by atoms with Gasteiger partial charge in [-0.05, 0) is 24.8 Å². The average Bonchev–Trinajstić information content (AvgIpc) is 2.97. The standard InChI is InChI=1S/C16H24N2O2/c1-14(19)17-10-7-13-20-16(18-11-5-6-12-18)15-8-3-2-4-9-15/h2-4,8-9,16H,5-7,10-13H2,1H3,(H,17,19). The highest BCUT2D eigenvalue weighted by Gasteiger charge is 2.23. The normalized spacial score (nSPS) is 17.1. The molecular formula is C16H24N2O2. The molecule has 1 heterocycles. The molecule has 0 aromatic heterocycles. The second-order valence-electron chi connectivity index (χ2n) is 5.21. The number of carbonyl (C=O) groups excluding carboxylic acids is 1. The van der Waals surface area contributed by atoms with E-state index in [0.29, 0.717) is 13.2 Å². The fraction of sp³-hybridized carbons (Fsp3) is 0.562. The fourth-order valence-electron chi connectivity index (χ4n) is 2.54. The number of hydrogen-bond donors (Lipinski definition) is 1. The molecule has 4 nitrogen and oxygen atoms in total. The summed E-state index contributed by atoms with van der Waals surface area (Å²) in [5.74, 6) is 0.0177. The first kappa shape index (κ1) is 15.0. The van der Waals surface area contributed by atoms with Crippen LogP contribution in [0.1, 0.15) is 38.0 Å². The van der Waals surface area contributed by atoms with Gasteiger partial charge in [0.15, 0.2) is 0 Å². The molecular weight excluding hydrogens is 252 g/mol. The van der Waals surface area contributed by atoms with Gasteiger partial charge in [0.1, 0.15) is 6.23 Å². The number of carbonyl (C=O) groups is 1. The minimum absolute atomic E-state index is 0.0177. The zero-order chi connectivity index (χ0) is 14.2. The summed E-state index contributed by atoms with van der Waals surface area (Å²) in [6.07, 6.45) is 3.39. The van der Waals surface area contributed by atoms with E-state index < -0.39 is 0 Å². The lowest BCUT2D eigenvalue weighted by molar-refractivity contribution is -0.119. The molecule has 1 aliphatic rings. The van der Waals surface area contributed by atoms with E-state index in [0.717, 1.165) is 19.5 Å². The Morgan fingerprint density at radius 3 is 2.65 bits per heavy atom. The van der Waals surface area contributed by atoms with Gasteiger partial charge in [0.05, 0.1) is 6.61 Å². The summed E-state index contributed by atoms with van der Waals surface area (Å²) in [4.78, 5) is 13.2. The first-order chi connectivity index (χ1) is 9.77. The van der Waals surface area contributed by atoms with E-state index in [2.05, 4.69) is 34.5 Å². The summed E-state index contributed by atoms with van der Waals surface area (Å²) in [6.45, 7) is 5.08. The SMILES string of the molecule is CC(=O)NCCCOC(c1ccccc1)N1CCCC1. The van der Waals surface area contributed by atoms with Crippen molar-refractivity contribution in [2.75, 3.05) is 26.2 Å². The van der Waals surface area contributed by atoms with Gasteiger partial charge < -0.3 is 10.1 Å². The maximum absolute atomic E-state index is 10.8. The molecule has 1 amide bonds. The zero-order valence-corrected chi connectivity index (χ0v) is 12.2. The third-order valence-electron chi connectivity index (χ3n) is 3.53. The van der Waals surface area contributed by atoms with Crippen LogP contribution in [-0.4, -0.2) is 37.0 Å². The Bertz CT molecular complexity index is 402. The van der Waals surface area contributed by atoms with E-state index in [4.69, 9.17) is 4.74 Å². The molecule has 1 N–H and O–H groups in total. The number of rotatable bonds is 7. The van der Waals surface area contributed by atoms with Crippen LogP contribution in [0, 0.1) is 0 Å². The minimum atomic E-state index is 0.0177. The number of hydrogen-bond acceptors (Lipinski definition) is 3.